The van der Waals surface area contributed by atoms with Crippen molar-refractivity contribution in [3.05, 3.63) is 123 Å². The second kappa shape index (κ2) is 12.3. The topological polar surface area (TPSA) is 104 Å². The highest BCUT2D eigenvalue weighted by Gasteiger charge is 2.31. The molecule has 0 spiro atoms. The predicted molar refractivity (Wildman–Crippen MR) is 156 cm³/mol. The van der Waals surface area contributed by atoms with Crippen molar-refractivity contribution in [1.82, 2.24) is 0 Å². The SMILES string of the molecule is CCCOc1c(Cl)cc(C(=O)Oc2ccc3c(c2)OC(N)=C(C#N)C3c2cccc(Oc3ccccc3)c2)cc1Cl. The van der Waals surface area contributed by atoms with Crippen LogP contribution < -0.4 is 24.7 Å². The highest BCUT2D eigenvalue weighted by atomic mass is 35.5. The van der Waals surface area contributed by atoms with E-state index in [1.165, 1.54) is 12.1 Å². The lowest BCUT2D eigenvalue weighted by Gasteiger charge is -2.27. The molecule has 7 nitrogen and oxygen atoms in total. The van der Waals surface area contributed by atoms with Gasteiger partial charge in [-0.3, -0.25) is 0 Å². The summed E-state index contributed by atoms with van der Waals surface area (Å²) in [6.45, 7) is 2.40. The molecule has 41 heavy (non-hydrogen) atoms. The molecule has 1 atom stereocenters. The van der Waals surface area contributed by atoms with E-state index in [1.807, 2.05) is 61.5 Å². The van der Waals surface area contributed by atoms with Gasteiger partial charge in [0.25, 0.3) is 0 Å². The van der Waals surface area contributed by atoms with E-state index in [9.17, 15) is 10.1 Å². The number of nitrogens with zero attached hydrogens (tertiary/aromatic N) is 1. The summed E-state index contributed by atoms with van der Waals surface area (Å²) in [6.07, 6.45) is 0.778. The minimum Gasteiger partial charge on any atom is -0.490 e. The number of ether oxygens (including phenoxy) is 4. The first-order valence-corrected chi connectivity index (χ1v) is 13.5. The Hall–Kier alpha value is -4.64. The molecule has 1 aliphatic heterocycles. The molecule has 0 radical (unpaired) electrons. The van der Waals surface area contributed by atoms with Crippen LogP contribution in [0, 0.1) is 11.3 Å². The van der Waals surface area contributed by atoms with Crippen molar-refractivity contribution in [2.75, 3.05) is 6.61 Å². The van der Waals surface area contributed by atoms with Gasteiger partial charge in [-0.15, -0.1) is 0 Å². The van der Waals surface area contributed by atoms with E-state index in [4.69, 9.17) is 47.9 Å². The van der Waals surface area contributed by atoms with Crippen LogP contribution in [-0.2, 0) is 0 Å². The third-order valence-electron chi connectivity index (χ3n) is 6.26. The van der Waals surface area contributed by atoms with Gasteiger partial charge in [0.15, 0.2) is 5.75 Å². The van der Waals surface area contributed by atoms with Gasteiger partial charge in [0.2, 0.25) is 5.88 Å². The third-order valence-corrected chi connectivity index (χ3v) is 6.82. The number of hydrogen-bond donors (Lipinski definition) is 1. The van der Waals surface area contributed by atoms with Crippen LogP contribution in [0.25, 0.3) is 0 Å². The lowest BCUT2D eigenvalue weighted by atomic mass is 9.83. The first-order valence-electron chi connectivity index (χ1n) is 12.8. The van der Waals surface area contributed by atoms with Gasteiger partial charge in [-0.05, 0) is 54.4 Å². The van der Waals surface area contributed by atoms with Gasteiger partial charge in [0, 0.05) is 11.6 Å². The maximum absolute atomic E-state index is 12.9. The van der Waals surface area contributed by atoms with Gasteiger partial charge in [-0.2, -0.15) is 5.26 Å². The number of carbonyl (C=O) groups is 1. The average molecular weight is 587 g/mol. The smallest absolute Gasteiger partial charge is 0.343 e. The Kier molecular flexibility index (Phi) is 8.34. The van der Waals surface area contributed by atoms with Crippen LogP contribution >= 0.6 is 23.2 Å². The normalized spacial score (nSPS) is 14.0. The van der Waals surface area contributed by atoms with Gasteiger partial charge in [0.05, 0.1) is 28.1 Å². The van der Waals surface area contributed by atoms with Crippen LogP contribution in [0.2, 0.25) is 10.0 Å². The number of allylic oxidation sites excluding steroid dienone is 1. The number of esters is 1. The van der Waals surface area contributed by atoms with Gasteiger partial charge >= 0.3 is 5.97 Å². The van der Waals surface area contributed by atoms with Crippen LogP contribution in [0.5, 0.6) is 28.7 Å². The second-order valence-electron chi connectivity index (χ2n) is 9.12. The molecule has 0 aliphatic carbocycles. The fourth-order valence-corrected chi connectivity index (χ4v) is 5.01. The van der Waals surface area contributed by atoms with E-state index >= 15 is 0 Å². The largest absolute Gasteiger partial charge is 0.490 e. The molecular formula is C32H24Cl2N2O5. The summed E-state index contributed by atoms with van der Waals surface area (Å²) in [5.41, 5.74) is 8.04. The monoisotopic (exact) mass is 586 g/mol. The van der Waals surface area contributed by atoms with E-state index in [-0.39, 0.29) is 32.8 Å². The molecular weight excluding hydrogens is 563 g/mol. The molecule has 0 saturated carbocycles. The molecule has 5 rings (SSSR count). The number of benzene rings is 4. The summed E-state index contributed by atoms with van der Waals surface area (Å²) in [6, 6.07) is 26.8. The van der Waals surface area contributed by atoms with Crippen LogP contribution in [-0.4, -0.2) is 12.6 Å². The molecule has 0 bridgehead atoms. The number of nitriles is 1. The summed E-state index contributed by atoms with van der Waals surface area (Å²) in [5.74, 6) is 0.927. The minimum absolute atomic E-state index is 0.0379. The Morgan fingerprint density at radius 1 is 0.951 bits per heavy atom. The predicted octanol–water partition coefficient (Wildman–Crippen LogP) is 8.01. The fourth-order valence-electron chi connectivity index (χ4n) is 4.41. The van der Waals surface area contributed by atoms with Gasteiger partial charge in [-0.1, -0.05) is 66.5 Å². The summed E-state index contributed by atoms with van der Waals surface area (Å²) < 4.78 is 22.9. The van der Waals surface area contributed by atoms with Crippen molar-refractivity contribution in [2.24, 2.45) is 5.73 Å². The number of fused-ring (bicyclic) bond motifs is 1. The maximum atomic E-state index is 12.9. The zero-order valence-electron chi connectivity index (χ0n) is 21.9. The van der Waals surface area contributed by atoms with E-state index < -0.39 is 11.9 Å². The molecule has 4 aromatic rings. The lowest BCUT2D eigenvalue weighted by molar-refractivity contribution is 0.0734. The van der Waals surface area contributed by atoms with Crippen LogP contribution in [0.4, 0.5) is 0 Å². The molecule has 0 saturated heterocycles. The Balaban J connectivity index is 1.42. The highest BCUT2D eigenvalue weighted by Crippen LogP contribution is 2.44. The summed E-state index contributed by atoms with van der Waals surface area (Å²) in [7, 11) is 0. The Bertz CT molecular complexity index is 1660. The summed E-state index contributed by atoms with van der Waals surface area (Å²) >= 11 is 12.6. The first kappa shape index (κ1) is 27.9. The van der Waals surface area contributed by atoms with E-state index in [0.29, 0.717) is 35.2 Å². The van der Waals surface area contributed by atoms with Crippen molar-refractivity contribution in [3.8, 4) is 34.8 Å². The quantitative estimate of drug-likeness (QED) is 0.165. The van der Waals surface area contributed by atoms with E-state index in [2.05, 4.69) is 6.07 Å². The van der Waals surface area contributed by atoms with Crippen LogP contribution in [0.1, 0.15) is 40.7 Å². The van der Waals surface area contributed by atoms with Crippen LogP contribution in [0.3, 0.4) is 0 Å². The van der Waals surface area contributed by atoms with E-state index in [0.717, 1.165) is 12.0 Å². The zero-order chi connectivity index (χ0) is 28.9. The summed E-state index contributed by atoms with van der Waals surface area (Å²) in [5, 5.41) is 10.3. The van der Waals surface area contributed by atoms with Crippen molar-refractivity contribution in [1.29, 1.82) is 5.26 Å². The number of halogens is 2. The number of carbonyl (C=O) groups excluding carboxylic acids is 1. The standard InChI is InChI=1S/C32H24Cl2N2O5/c1-2-13-38-30-26(33)15-20(16-27(30)34)32(37)40-23-11-12-24-28(17-23)41-31(36)25(18-35)29(24)19-7-6-10-22(14-19)39-21-8-4-3-5-9-21/h3-12,14-17,29H,2,13,36H2,1H3. The Morgan fingerprint density at radius 3 is 2.39 bits per heavy atom. The van der Waals surface area contributed by atoms with Crippen molar-refractivity contribution in [3.63, 3.8) is 0 Å². The van der Waals surface area contributed by atoms with Gasteiger partial charge in [0.1, 0.15) is 34.6 Å². The summed E-state index contributed by atoms with van der Waals surface area (Å²) in [4.78, 5) is 12.9. The minimum atomic E-state index is -0.671. The van der Waals surface area contributed by atoms with Gasteiger partial charge < -0.3 is 24.7 Å². The number of hydrogen-bond acceptors (Lipinski definition) is 7. The molecule has 2 N–H and O–H groups in total. The molecule has 1 unspecified atom stereocenters. The third kappa shape index (κ3) is 6.09. The number of para-hydroxylation sites is 1. The molecule has 0 aromatic heterocycles. The Morgan fingerprint density at radius 2 is 1.68 bits per heavy atom. The highest BCUT2D eigenvalue weighted by molar-refractivity contribution is 6.37. The molecule has 0 fully saturated rings. The van der Waals surface area contributed by atoms with Crippen LogP contribution in [0.15, 0.2) is 96.4 Å². The zero-order valence-corrected chi connectivity index (χ0v) is 23.4. The van der Waals surface area contributed by atoms with Gasteiger partial charge in [-0.25, -0.2) is 4.79 Å². The van der Waals surface area contributed by atoms with Crippen molar-refractivity contribution in [2.45, 2.75) is 19.3 Å². The molecule has 1 heterocycles. The number of nitrogens with two attached hydrogens (primary N) is 1. The molecule has 0 amide bonds. The Labute approximate surface area is 247 Å². The second-order valence-corrected chi connectivity index (χ2v) is 9.93. The van der Waals surface area contributed by atoms with Crippen molar-refractivity contribution < 1.29 is 23.7 Å². The van der Waals surface area contributed by atoms with Crippen molar-refractivity contribution >= 4 is 29.2 Å². The first-order chi connectivity index (χ1) is 19.9. The lowest BCUT2D eigenvalue weighted by Crippen LogP contribution is -2.21. The van der Waals surface area contributed by atoms with E-state index in [1.54, 1.807) is 18.2 Å². The maximum Gasteiger partial charge on any atom is 0.343 e. The molecule has 1 aliphatic rings. The molecule has 206 valence electrons. The number of rotatable bonds is 8. The average Bonchev–Trinajstić information content (AvgIpc) is 2.96. The molecule has 9 heteroatoms. The fraction of sp³-hybridized carbons (Fsp3) is 0.125. The molecule has 4 aromatic carbocycles.